The first-order valence-electron chi connectivity index (χ1n) is 10.1. The number of aliphatic imine (C=N–C) groups is 1. The molecular formula is C20H35N5O2S. The molecule has 2 rings (SSSR count). The Hall–Kier alpha value is -1.64. The molecule has 0 amide bonds. The van der Waals surface area contributed by atoms with E-state index in [-0.39, 0.29) is 6.04 Å². The predicted octanol–water partition coefficient (Wildman–Crippen LogP) is 1.72. The van der Waals surface area contributed by atoms with Gasteiger partial charge in [0, 0.05) is 38.8 Å². The van der Waals surface area contributed by atoms with Crippen molar-refractivity contribution < 1.29 is 8.42 Å². The monoisotopic (exact) mass is 409 g/mol. The lowest BCUT2D eigenvalue weighted by Crippen LogP contribution is -2.47. The van der Waals surface area contributed by atoms with Crippen LogP contribution < -0.4 is 10.6 Å². The molecule has 8 heteroatoms. The molecule has 0 saturated carbocycles. The van der Waals surface area contributed by atoms with E-state index in [1.165, 1.54) is 0 Å². The van der Waals surface area contributed by atoms with Gasteiger partial charge in [-0.25, -0.2) is 13.4 Å². The van der Waals surface area contributed by atoms with E-state index in [4.69, 9.17) is 0 Å². The van der Waals surface area contributed by atoms with Crippen LogP contribution in [0.25, 0.3) is 0 Å². The van der Waals surface area contributed by atoms with Crippen LogP contribution in [0.2, 0.25) is 0 Å². The molecule has 1 atom stereocenters. The Morgan fingerprint density at radius 1 is 1.14 bits per heavy atom. The molecule has 1 aromatic carbocycles. The molecule has 0 bridgehead atoms. The number of piperazine rings is 1. The standard InChI is InChI=1S/C20H35N5O2S/c1-6-21-20(23-17(4)16(2)3)22-15-18-9-7-8-10-19(18)28(26,27)25-13-11-24(5)12-14-25/h7-10,16-17H,6,11-15H2,1-5H3,(H2,21,22,23). The van der Waals surface area contributed by atoms with Crippen molar-refractivity contribution in [3.05, 3.63) is 29.8 Å². The van der Waals surface area contributed by atoms with Crippen molar-refractivity contribution in [2.45, 2.75) is 45.2 Å². The lowest BCUT2D eigenvalue weighted by molar-refractivity contribution is 0.222. The molecule has 1 aliphatic rings. The molecule has 1 heterocycles. The second-order valence-corrected chi connectivity index (χ2v) is 9.59. The maximum Gasteiger partial charge on any atom is 0.243 e. The number of hydrogen-bond donors (Lipinski definition) is 2. The molecule has 158 valence electrons. The molecule has 1 unspecified atom stereocenters. The molecule has 2 N–H and O–H groups in total. The van der Waals surface area contributed by atoms with Crippen LogP contribution in [0.1, 0.15) is 33.3 Å². The fraction of sp³-hybridized carbons (Fsp3) is 0.650. The van der Waals surface area contributed by atoms with E-state index < -0.39 is 10.0 Å². The summed E-state index contributed by atoms with van der Waals surface area (Å²) in [7, 11) is -1.50. The summed E-state index contributed by atoms with van der Waals surface area (Å²) in [5.74, 6) is 1.17. The second kappa shape index (κ2) is 10.2. The molecule has 0 radical (unpaired) electrons. The van der Waals surface area contributed by atoms with Crippen molar-refractivity contribution in [1.29, 1.82) is 0 Å². The van der Waals surface area contributed by atoms with Crippen LogP contribution in [0.15, 0.2) is 34.2 Å². The lowest BCUT2D eigenvalue weighted by Gasteiger charge is -2.32. The highest BCUT2D eigenvalue weighted by molar-refractivity contribution is 7.89. The summed E-state index contributed by atoms with van der Waals surface area (Å²) in [5, 5.41) is 6.63. The molecule has 0 aliphatic carbocycles. The third kappa shape index (κ3) is 5.93. The molecule has 28 heavy (non-hydrogen) atoms. The third-order valence-corrected chi connectivity index (χ3v) is 7.17. The van der Waals surface area contributed by atoms with Gasteiger partial charge >= 0.3 is 0 Å². The fourth-order valence-electron chi connectivity index (χ4n) is 2.92. The average Bonchev–Trinajstić information content (AvgIpc) is 2.66. The topological polar surface area (TPSA) is 77.0 Å². The Labute approximate surface area is 170 Å². The minimum Gasteiger partial charge on any atom is -0.357 e. The van der Waals surface area contributed by atoms with Crippen LogP contribution in [0, 0.1) is 5.92 Å². The van der Waals surface area contributed by atoms with Crippen LogP contribution in [-0.2, 0) is 16.6 Å². The first-order chi connectivity index (χ1) is 13.3. The first-order valence-corrected chi connectivity index (χ1v) is 11.5. The van der Waals surface area contributed by atoms with Gasteiger partial charge in [0.05, 0.1) is 11.4 Å². The molecule has 1 saturated heterocycles. The SMILES string of the molecule is CCNC(=NCc1ccccc1S(=O)(=O)N1CCN(C)CC1)NC(C)C(C)C. The normalized spacial score (nSPS) is 18.3. The van der Waals surface area contributed by atoms with Crippen LogP contribution in [0.3, 0.4) is 0 Å². The molecule has 0 spiro atoms. The van der Waals surface area contributed by atoms with Gasteiger partial charge in [-0.15, -0.1) is 0 Å². The highest BCUT2D eigenvalue weighted by Crippen LogP contribution is 2.22. The molecule has 1 aromatic rings. The summed E-state index contributed by atoms with van der Waals surface area (Å²) in [5.41, 5.74) is 0.718. The zero-order valence-electron chi connectivity index (χ0n) is 17.8. The maximum atomic E-state index is 13.2. The number of rotatable bonds is 7. The van der Waals surface area contributed by atoms with Crippen molar-refractivity contribution in [3.63, 3.8) is 0 Å². The highest BCUT2D eigenvalue weighted by Gasteiger charge is 2.29. The van der Waals surface area contributed by atoms with Crippen LogP contribution in [0.4, 0.5) is 0 Å². The molecular weight excluding hydrogens is 374 g/mol. The molecule has 0 aromatic heterocycles. The number of sulfonamides is 1. The number of likely N-dealkylation sites (N-methyl/N-ethyl adjacent to an activating group) is 1. The number of nitrogens with zero attached hydrogens (tertiary/aromatic N) is 3. The zero-order chi connectivity index (χ0) is 20.7. The summed E-state index contributed by atoms with van der Waals surface area (Å²) in [6.07, 6.45) is 0. The number of guanidine groups is 1. The summed E-state index contributed by atoms with van der Waals surface area (Å²) < 4.78 is 27.9. The summed E-state index contributed by atoms with van der Waals surface area (Å²) in [4.78, 5) is 7.14. The largest absolute Gasteiger partial charge is 0.357 e. The van der Waals surface area contributed by atoms with E-state index in [1.54, 1.807) is 16.4 Å². The van der Waals surface area contributed by atoms with Gasteiger partial charge in [0.15, 0.2) is 5.96 Å². The van der Waals surface area contributed by atoms with Gasteiger partial charge in [-0.05, 0) is 38.4 Å². The van der Waals surface area contributed by atoms with E-state index in [9.17, 15) is 8.42 Å². The zero-order valence-corrected chi connectivity index (χ0v) is 18.6. The van der Waals surface area contributed by atoms with Gasteiger partial charge in [-0.3, -0.25) is 0 Å². The van der Waals surface area contributed by atoms with Gasteiger partial charge in [-0.1, -0.05) is 32.0 Å². The van der Waals surface area contributed by atoms with Crippen LogP contribution in [0.5, 0.6) is 0 Å². The summed E-state index contributed by atoms with van der Waals surface area (Å²) in [6, 6.07) is 7.45. The van der Waals surface area contributed by atoms with Crippen LogP contribution >= 0.6 is 0 Å². The van der Waals surface area contributed by atoms with Crippen LogP contribution in [-0.4, -0.2) is 69.4 Å². The van der Waals surface area contributed by atoms with Gasteiger partial charge in [-0.2, -0.15) is 4.31 Å². The minimum absolute atomic E-state index is 0.266. The van der Waals surface area contributed by atoms with E-state index in [1.807, 2.05) is 26.1 Å². The Bertz CT molecular complexity index is 756. The Morgan fingerprint density at radius 3 is 2.39 bits per heavy atom. The Morgan fingerprint density at radius 2 is 1.79 bits per heavy atom. The number of nitrogens with one attached hydrogen (secondary N) is 2. The van der Waals surface area contributed by atoms with Gasteiger partial charge in [0.2, 0.25) is 10.0 Å². The number of benzene rings is 1. The van der Waals surface area contributed by atoms with Crippen molar-refractivity contribution in [2.75, 3.05) is 39.8 Å². The fourth-order valence-corrected chi connectivity index (χ4v) is 4.56. The van der Waals surface area contributed by atoms with Crippen molar-refractivity contribution in [1.82, 2.24) is 19.8 Å². The second-order valence-electron chi connectivity index (χ2n) is 7.69. The maximum absolute atomic E-state index is 13.2. The van der Waals surface area contributed by atoms with Crippen molar-refractivity contribution in [3.8, 4) is 0 Å². The molecule has 7 nitrogen and oxygen atoms in total. The average molecular weight is 410 g/mol. The third-order valence-electron chi connectivity index (χ3n) is 5.17. The Kier molecular flexibility index (Phi) is 8.27. The van der Waals surface area contributed by atoms with Gasteiger partial charge in [0.1, 0.15) is 0 Å². The van der Waals surface area contributed by atoms with Gasteiger partial charge in [0.25, 0.3) is 0 Å². The number of hydrogen-bond acceptors (Lipinski definition) is 4. The minimum atomic E-state index is -3.52. The summed E-state index contributed by atoms with van der Waals surface area (Å²) >= 11 is 0. The predicted molar refractivity (Wildman–Crippen MR) is 115 cm³/mol. The summed E-state index contributed by atoms with van der Waals surface area (Å²) in [6.45, 7) is 12.0. The molecule has 1 fully saturated rings. The molecule has 1 aliphatic heterocycles. The quantitative estimate of drug-likeness (QED) is 0.530. The first kappa shape index (κ1) is 22.6. The van der Waals surface area contributed by atoms with Gasteiger partial charge < -0.3 is 15.5 Å². The highest BCUT2D eigenvalue weighted by atomic mass is 32.2. The lowest BCUT2D eigenvalue weighted by atomic mass is 10.1. The smallest absolute Gasteiger partial charge is 0.243 e. The van der Waals surface area contributed by atoms with Crippen molar-refractivity contribution >= 4 is 16.0 Å². The van der Waals surface area contributed by atoms with E-state index >= 15 is 0 Å². The van der Waals surface area contributed by atoms with E-state index in [2.05, 4.69) is 41.3 Å². The van der Waals surface area contributed by atoms with Crippen molar-refractivity contribution in [2.24, 2.45) is 10.9 Å². The Balaban J connectivity index is 2.22. The van der Waals surface area contributed by atoms with E-state index in [0.29, 0.717) is 36.4 Å². The van der Waals surface area contributed by atoms with E-state index in [0.717, 1.165) is 25.2 Å².